The maximum atomic E-state index is 14.3. The van der Waals surface area contributed by atoms with Gasteiger partial charge in [0.2, 0.25) is 5.91 Å². The van der Waals surface area contributed by atoms with Crippen molar-refractivity contribution in [3.8, 4) is 0 Å². The Balaban J connectivity index is 1.81. The number of carboxylic acid groups (broad SMARTS) is 1. The van der Waals surface area contributed by atoms with Crippen molar-refractivity contribution in [1.29, 1.82) is 0 Å². The zero-order valence-corrected chi connectivity index (χ0v) is 24.0. The molecule has 1 heterocycles. The van der Waals surface area contributed by atoms with Crippen molar-refractivity contribution in [2.45, 2.75) is 82.0 Å². The van der Waals surface area contributed by atoms with Gasteiger partial charge in [-0.05, 0) is 79.8 Å². The van der Waals surface area contributed by atoms with E-state index in [-0.39, 0.29) is 36.2 Å². The zero-order valence-electron chi connectivity index (χ0n) is 21.6. The second kappa shape index (κ2) is 12.1. The second-order valence-corrected chi connectivity index (χ2v) is 13.0. The van der Waals surface area contributed by atoms with E-state index in [1.54, 1.807) is 25.1 Å². The maximum absolute atomic E-state index is 14.3. The molecule has 1 saturated heterocycles. The molecule has 2 aromatic carbocycles. The predicted octanol–water partition coefficient (Wildman–Crippen LogP) is 6.75. The van der Waals surface area contributed by atoms with E-state index in [1.807, 2.05) is 42.2 Å². The lowest BCUT2D eigenvalue weighted by atomic mass is 9.67. The molecule has 1 amide bonds. The average molecular weight is 580 g/mol. The standard InChI is InChI=1S/C29H35Cl2NO5S/c1-3-23(13-14-25(38(36)37)18-7-8-18)32-27(19-9-11-21(30)12-10-19)24(20-5-4-6-22(31)15-20)16-29(2,28(32)35)17-26(33)34/h4-6,9-12,15,18,23-25,27H,3,7-8,13-14,16-17H2,1-2H3,(H,33,34)(H,36,37)/p-1. The minimum Gasteiger partial charge on any atom is -0.772 e. The number of hydrogen-bond donors (Lipinski definition) is 1. The van der Waals surface area contributed by atoms with Gasteiger partial charge >= 0.3 is 5.97 Å². The van der Waals surface area contributed by atoms with E-state index in [0.29, 0.717) is 35.7 Å². The van der Waals surface area contributed by atoms with Crippen molar-refractivity contribution in [2.24, 2.45) is 11.3 Å². The van der Waals surface area contributed by atoms with Crippen LogP contribution in [0.15, 0.2) is 48.5 Å². The molecule has 2 aliphatic rings. The number of halogens is 2. The number of carbonyl (C=O) groups is 2. The summed E-state index contributed by atoms with van der Waals surface area (Å²) < 4.78 is 23.9. The van der Waals surface area contributed by atoms with Crippen LogP contribution in [0.3, 0.4) is 0 Å². The molecule has 6 nitrogen and oxygen atoms in total. The van der Waals surface area contributed by atoms with Crippen LogP contribution in [0.25, 0.3) is 0 Å². The molecule has 2 fully saturated rings. The lowest BCUT2D eigenvalue weighted by Gasteiger charge is -2.52. The average Bonchev–Trinajstić information content (AvgIpc) is 3.69. The normalized spacial score (nSPS) is 26.1. The Morgan fingerprint density at radius 1 is 1.13 bits per heavy atom. The van der Waals surface area contributed by atoms with Gasteiger partial charge < -0.3 is 14.6 Å². The molecule has 1 aliphatic heterocycles. The molecule has 206 valence electrons. The third-order valence-corrected chi connectivity index (χ3v) is 9.78. The summed E-state index contributed by atoms with van der Waals surface area (Å²) in [5, 5.41) is 10.5. The van der Waals surface area contributed by atoms with Crippen molar-refractivity contribution < 1.29 is 23.5 Å². The summed E-state index contributed by atoms with van der Waals surface area (Å²) in [6.07, 6.45) is 3.48. The highest BCUT2D eigenvalue weighted by Crippen LogP contribution is 2.52. The molecule has 9 heteroatoms. The molecule has 0 spiro atoms. The molecule has 4 rings (SSSR count). The Morgan fingerprint density at radius 2 is 1.82 bits per heavy atom. The molecule has 6 atom stereocenters. The summed E-state index contributed by atoms with van der Waals surface area (Å²) in [5.41, 5.74) is 0.694. The number of benzene rings is 2. The van der Waals surface area contributed by atoms with E-state index in [2.05, 4.69) is 0 Å². The van der Waals surface area contributed by atoms with Gasteiger partial charge in [0.1, 0.15) is 0 Å². The monoisotopic (exact) mass is 578 g/mol. The van der Waals surface area contributed by atoms with Crippen LogP contribution in [0.5, 0.6) is 0 Å². The molecule has 0 radical (unpaired) electrons. The first-order chi connectivity index (χ1) is 18.0. The Morgan fingerprint density at radius 3 is 2.37 bits per heavy atom. The summed E-state index contributed by atoms with van der Waals surface area (Å²) in [6.45, 7) is 3.73. The Hall–Kier alpha value is -1.93. The van der Waals surface area contributed by atoms with Crippen molar-refractivity contribution >= 4 is 46.2 Å². The summed E-state index contributed by atoms with van der Waals surface area (Å²) in [7, 11) is 0. The largest absolute Gasteiger partial charge is 0.772 e. The third-order valence-electron chi connectivity index (χ3n) is 8.18. The molecule has 38 heavy (non-hydrogen) atoms. The zero-order chi connectivity index (χ0) is 27.6. The van der Waals surface area contributed by atoms with E-state index >= 15 is 0 Å². The molecule has 6 unspecified atom stereocenters. The first-order valence-corrected chi connectivity index (χ1v) is 15.1. The number of piperidine rings is 1. The van der Waals surface area contributed by atoms with E-state index in [4.69, 9.17) is 23.2 Å². The Labute approximate surface area is 237 Å². The van der Waals surface area contributed by atoms with E-state index in [9.17, 15) is 23.5 Å². The van der Waals surface area contributed by atoms with Gasteiger partial charge in [-0.15, -0.1) is 0 Å². The molecule has 0 bridgehead atoms. The van der Waals surface area contributed by atoms with Crippen LogP contribution in [0.4, 0.5) is 0 Å². The highest BCUT2D eigenvalue weighted by atomic mass is 35.5. The first kappa shape index (κ1) is 29.1. The fraction of sp³-hybridized carbons (Fsp3) is 0.517. The number of nitrogens with zero attached hydrogens (tertiary/aromatic N) is 1. The minimum absolute atomic E-state index is 0.187. The van der Waals surface area contributed by atoms with Crippen LogP contribution in [0.1, 0.15) is 81.9 Å². The number of carboxylic acids is 1. The van der Waals surface area contributed by atoms with Crippen molar-refractivity contribution in [1.82, 2.24) is 4.90 Å². The first-order valence-electron chi connectivity index (χ1n) is 13.2. The van der Waals surface area contributed by atoms with E-state index in [0.717, 1.165) is 24.0 Å². The molecule has 2 aromatic rings. The van der Waals surface area contributed by atoms with Crippen molar-refractivity contribution in [3.63, 3.8) is 0 Å². The molecule has 1 N–H and O–H groups in total. The van der Waals surface area contributed by atoms with Crippen molar-refractivity contribution in [3.05, 3.63) is 69.7 Å². The van der Waals surface area contributed by atoms with Crippen LogP contribution in [0.2, 0.25) is 10.0 Å². The summed E-state index contributed by atoms with van der Waals surface area (Å²) in [6, 6.07) is 14.3. The van der Waals surface area contributed by atoms with Crippen LogP contribution in [-0.2, 0) is 20.7 Å². The van der Waals surface area contributed by atoms with Gasteiger partial charge in [0.15, 0.2) is 0 Å². The summed E-state index contributed by atoms with van der Waals surface area (Å²) >= 11 is 10.4. The molecule has 1 aliphatic carbocycles. The van der Waals surface area contributed by atoms with Crippen LogP contribution in [0, 0.1) is 11.3 Å². The van der Waals surface area contributed by atoms with Crippen LogP contribution >= 0.6 is 23.2 Å². The number of aliphatic carboxylic acids is 1. The molecule has 0 aromatic heterocycles. The summed E-state index contributed by atoms with van der Waals surface area (Å²) in [5.74, 6) is -1.28. The van der Waals surface area contributed by atoms with Gasteiger partial charge in [-0.3, -0.25) is 13.8 Å². The molecular weight excluding hydrogens is 545 g/mol. The number of carbonyl (C=O) groups excluding carboxylic acids is 1. The van der Waals surface area contributed by atoms with E-state index < -0.39 is 27.7 Å². The highest BCUT2D eigenvalue weighted by molar-refractivity contribution is 7.79. The smallest absolute Gasteiger partial charge is 0.304 e. The Kier molecular flexibility index (Phi) is 9.23. The van der Waals surface area contributed by atoms with Gasteiger partial charge in [0.25, 0.3) is 0 Å². The topological polar surface area (TPSA) is 97.7 Å². The molecule has 1 saturated carbocycles. The molecular formula is C29H34Cl2NO5S-. The van der Waals surface area contributed by atoms with Gasteiger partial charge in [-0.1, -0.05) is 72.4 Å². The third kappa shape index (κ3) is 6.44. The number of rotatable bonds is 11. The lowest BCUT2D eigenvalue weighted by molar-refractivity contribution is -0.160. The van der Waals surface area contributed by atoms with Gasteiger partial charge in [-0.2, -0.15) is 0 Å². The number of likely N-dealkylation sites (tertiary alicyclic amines) is 1. The van der Waals surface area contributed by atoms with Crippen molar-refractivity contribution in [2.75, 3.05) is 0 Å². The van der Waals surface area contributed by atoms with Crippen LogP contribution < -0.4 is 0 Å². The maximum Gasteiger partial charge on any atom is 0.304 e. The quantitative estimate of drug-likeness (QED) is 0.297. The number of hydrogen-bond acceptors (Lipinski definition) is 4. The van der Waals surface area contributed by atoms with Crippen LogP contribution in [-0.4, -0.2) is 41.9 Å². The predicted molar refractivity (Wildman–Crippen MR) is 149 cm³/mol. The fourth-order valence-electron chi connectivity index (χ4n) is 6.13. The second-order valence-electron chi connectivity index (χ2n) is 11.0. The lowest BCUT2D eigenvalue weighted by Crippen LogP contribution is -2.56. The Bertz CT molecular complexity index is 1190. The minimum atomic E-state index is -2.17. The number of amides is 1. The van der Waals surface area contributed by atoms with Gasteiger partial charge in [-0.25, -0.2) is 0 Å². The van der Waals surface area contributed by atoms with Gasteiger partial charge in [0, 0.05) is 27.3 Å². The summed E-state index contributed by atoms with van der Waals surface area (Å²) in [4.78, 5) is 28.1. The highest BCUT2D eigenvalue weighted by Gasteiger charge is 2.52. The fourth-order valence-corrected chi connectivity index (χ4v) is 7.37. The van der Waals surface area contributed by atoms with E-state index in [1.165, 1.54) is 0 Å². The SMILES string of the molecule is CCC(CCC(C1CC1)S(=O)[O-])N1C(=O)C(C)(CC(=O)O)CC(c2cccc(Cl)c2)C1c1ccc(Cl)cc1. The van der Waals surface area contributed by atoms with Gasteiger partial charge in [0.05, 0.1) is 17.9 Å².